The maximum Gasteiger partial charge on any atom is 0.342 e. The zero-order valence-electron chi connectivity index (χ0n) is 13.9. The van der Waals surface area contributed by atoms with Crippen LogP contribution in [0.5, 0.6) is 0 Å². The number of carbonyl (C=O) groups is 2. The van der Waals surface area contributed by atoms with Crippen LogP contribution in [-0.4, -0.2) is 18.5 Å². The zero-order chi connectivity index (χ0) is 18.5. The van der Waals surface area contributed by atoms with Crippen LogP contribution in [0.3, 0.4) is 0 Å². The number of hydrogen-bond acceptors (Lipinski definition) is 5. The molecule has 0 radical (unpaired) electrons. The predicted octanol–water partition coefficient (Wildman–Crippen LogP) is 3.85. The van der Waals surface area contributed by atoms with E-state index in [1.807, 2.05) is 17.5 Å². The van der Waals surface area contributed by atoms with Crippen molar-refractivity contribution in [2.45, 2.75) is 13.0 Å². The van der Waals surface area contributed by atoms with Crippen LogP contribution in [-0.2, 0) is 9.53 Å². The molecule has 0 spiro atoms. The number of rotatable bonds is 6. The number of aryl methyl sites for hydroxylation is 1. The lowest BCUT2D eigenvalue weighted by Gasteiger charge is -2.18. The standard InChI is InChI=1S/C19H16FNO4S/c1-12-15(8-9-24-12)19(23)25-11-17(22)21-18(16-3-2-10-26-16)13-4-6-14(20)7-5-13/h2-10,18H,11H2,1H3,(H,21,22)/t18-/m0/s1. The summed E-state index contributed by atoms with van der Waals surface area (Å²) in [6.45, 7) is 1.21. The van der Waals surface area contributed by atoms with Gasteiger partial charge >= 0.3 is 5.97 Å². The summed E-state index contributed by atoms with van der Waals surface area (Å²) in [4.78, 5) is 25.1. The summed E-state index contributed by atoms with van der Waals surface area (Å²) >= 11 is 1.47. The zero-order valence-corrected chi connectivity index (χ0v) is 14.7. The molecule has 2 heterocycles. The highest BCUT2D eigenvalue weighted by atomic mass is 32.1. The molecule has 0 unspecified atom stereocenters. The van der Waals surface area contributed by atoms with Crippen LogP contribution >= 0.6 is 11.3 Å². The van der Waals surface area contributed by atoms with Crippen LogP contribution in [0.2, 0.25) is 0 Å². The van der Waals surface area contributed by atoms with Gasteiger partial charge in [0.25, 0.3) is 5.91 Å². The van der Waals surface area contributed by atoms with E-state index in [1.165, 1.54) is 35.8 Å². The van der Waals surface area contributed by atoms with E-state index in [-0.39, 0.29) is 11.4 Å². The number of esters is 1. The van der Waals surface area contributed by atoms with Gasteiger partial charge in [-0.15, -0.1) is 11.3 Å². The first-order valence-corrected chi connectivity index (χ1v) is 8.72. The monoisotopic (exact) mass is 373 g/mol. The molecule has 1 atom stereocenters. The molecule has 0 aliphatic heterocycles. The molecule has 3 rings (SSSR count). The van der Waals surface area contributed by atoms with E-state index in [4.69, 9.17) is 9.15 Å². The van der Waals surface area contributed by atoms with E-state index in [9.17, 15) is 14.0 Å². The van der Waals surface area contributed by atoms with Gasteiger partial charge in [0.15, 0.2) is 6.61 Å². The second-order valence-electron chi connectivity index (χ2n) is 5.53. The van der Waals surface area contributed by atoms with E-state index >= 15 is 0 Å². The Hall–Kier alpha value is -2.93. The topological polar surface area (TPSA) is 68.5 Å². The molecule has 1 amide bonds. The van der Waals surface area contributed by atoms with Crippen LogP contribution in [0, 0.1) is 12.7 Å². The Bertz CT molecular complexity index is 887. The number of amides is 1. The average molecular weight is 373 g/mol. The van der Waals surface area contributed by atoms with Crippen LogP contribution in [0.1, 0.15) is 32.6 Å². The largest absolute Gasteiger partial charge is 0.469 e. The Morgan fingerprint density at radius 3 is 2.62 bits per heavy atom. The maximum absolute atomic E-state index is 13.2. The molecule has 0 aliphatic carbocycles. The predicted molar refractivity (Wildman–Crippen MR) is 94.4 cm³/mol. The molecule has 0 aliphatic rings. The molecule has 0 bridgehead atoms. The Balaban J connectivity index is 1.67. The van der Waals surface area contributed by atoms with Gasteiger partial charge in [0.1, 0.15) is 17.1 Å². The fourth-order valence-electron chi connectivity index (χ4n) is 2.44. The van der Waals surface area contributed by atoms with E-state index in [1.54, 1.807) is 19.1 Å². The number of nitrogens with one attached hydrogen (secondary N) is 1. The second kappa shape index (κ2) is 7.97. The third-order valence-corrected chi connectivity index (χ3v) is 4.69. The SMILES string of the molecule is Cc1occc1C(=O)OCC(=O)N[C@@H](c1ccc(F)cc1)c1cccs1. The van der Waals surface area contributed by atoms with Crippen molar-refractivity contribution in [3.63, 3.8) is 0 Å². The summed E-state index contributed by atoms with van der Waals surface area (Å²) in [5.74, 6) is -1.00. The number of hydrogen-bond donors (Lipinski definition) is 1. The Kier molecular flexibility index (Phi) is 5.48. The Morgan fingerprint density at radius 2 is 2.00 bits per heavy atom. The van der Waals surface area contributed by atoms with Crippen molar-refractivity contribution in [1.29, 1.82) is 0 Å². The summed E-state index contributed by atoms with van der Waals surface area (Å²) in [7, 11) is 0. The van der Waals surface area contributed by atoms with Crippen molar-refractivity contribution in [2.24, 2.45) is 0 Å². The number of ether oxygens (including phenoxy) is 1. The molecule has 134 valence electrons. The molecule has 5 nitrogen and oxygen atoms in total. The molecule has 7 heteroatoms. The Morgan fingerprint density at radius 1 is 1.23 bits per heavy atom. The molecule has 2 aromatic heterocycles. The number of carbonyl (C=O) groups excluding carboxylic acids is 2. The third kappa shape index (κ3) is 4.18. The highest BCUT2D eigenvalue weighted by Gasteiger charge is 2.20. The summed E-state index contributed by atoms with van der Waals surface area (Å²) in [5, 5.41) is 4.71. The fraction of sp³-hybridized carbons (Fsp3) is 0.158. The van der Waals surface area contributed by atoms with E-state index in [2.05, 4.69) is 5.32 Å². The first-order valence-electron chi connectivity index (χ1n) is 7.84. The van der Waals surface area contributed by atoms with Gasteiger partial charge in [-0.25, -0.2) is 9.18 Å². The molecule has 1 N–H and O–H groups in total. The van der Waals surface area contributed by atoms with Crippen LogP contribution in [0.15, 0.2) is 58.5 Å². The lowest BCUT2D eigenvalue weighted by atomic mass is 10.1. The van der Waals surface area contributed by atoms with Crippen molar-refractivity contribution < 1.29 is 23.1 Å². The van der Waals surface area contributed by atoms with E-state index < -0.39 is 24.5 Å². The van der Waals surface area contributed by atoms with Gasteiger partial charge in [0.05, 0.1) is 12.3 Å². The van der Waals surface area contributed by atoms with Gasteiger partial charge in [0.2, 0.25) is 0 Å². The molecule has 0 saturated heterocycles. The fourth-order valence-corrected chi connectivity index (χ4v) is 3.24. The molecule has 26 heavy (non-hydrogen) atoms. The first kappa shape index (κ1) is 17.9. The van der Waals surface area contributed by atoms with E-state index in [0.717, 1.165) is 10.4 Å². The highest BCUT2D eigenvalue weighted by Crippen LogP contribution is 2.26. The van der Waals surface area contributed by atoms with Crippen molar-refractivity contribution in [1.82, 2.24) is 5.32 Å². The lowest BCUT2D eigenvalue weighted by Crippen LogP contribution is -2.32. The van der Waals surface area contributed by atoms with Gasteiger partial charge in [-0.1, -0.05) is 18.2 Å². The quantitative estimate of drug-likeness (QED) is 0.667. The smallest absolute Gasteiger partial charge is 0.342 e. The lowest BCUT2D eigenvalue weighted by molar-refractivity contribution is -0.124. The third-order valence-electron chi connectivity index (χ3n) is 3.75. The minimum atomic E-state index is -0.624. The molecular formula is C19H16FNO4S. The first-order chi connectivity index (χ1) is 12.5. The minimum Gasteiger partial charge on any atom is -0.469 e. The summed E-state index contributed by atoms with van der Waals surface area (Å²) in [6.07, 6.45) is 1.38. The number of halogens is 1. The van der Waals surface area contributed by atoms with Gasteiger partial charge < -0.3 is 14.5 Å². The number of furan rings is 1. The van der Waals surface area contributed by atoms with Crippen LogP contribution in [0.4, 0.5) is 4.39 Å². The van der Waals surface area contributed by atoms with Gasteiger partial charge in [-0.05, 0) is 42.1 Å². The summed E-state index contributed by atoms with van der Waals surface area (Å²) in [6, 6.07) is 10.7. The van der Waals surface area contributed by atoms with Crippen molar-refractivity contribution in [3.8, 4) is 0 Å². The van der Waals surface area contributed by atoms with Crippen molar-refractivity contribution in [2.75, 3.05) is 6.61 Å². The molecule has 0 fully saturated rings. The number of benzene rings is 1. The summed E-state index contributed by atoms with van der Waals surface area (Å²) < 4.78 is 23.3. The molecule has 1 aromatic carbocycles. The summed E-state index contributed by atoms with van der Waals surface area (Å²) in [5.41, 5.74) is 1.02. The highest BCUT2D eigenvalue weighted by molar-refractivity contribution is 7.10. The molecule has 3 aromatic rings. The van der Waals surface area contributed by atoms with Crippen molar-refractivity contribution >= 4 is 23.2 Å². The maximum atomic E-state index is 13.2. The van der Waals surface area contributed by atoms with Crippen LogP contribution < -0.4 is 5.32 Å². The number of thiophene rings is 1. The van der Waals surface area contributed by atoms with Gasteiger partial charge in [0, 0.05) is 4.88 Å². The van der Waals surface area contributed by atoms with E-state index in [0.29, 0.717) is 5.76 Å². The Labute approximate surface area is 153 Å². The minimum absolute atomic E-state index is 0.283. The van der Waals surface area contributed by atoms with Gasteiger partial charge in [-0.2, -0.15) is 0 Å². The normalized spacial score (nSPS) is 11.8. The van der Waals surface area contributed by atoms with Crippen molar-refractivity contribution in [3.05, 3.63) is 81.7 Å². The van der Waals surface area contributed by atoms with Crippen LogP contribution in [0.25, 0.3) is 0 Å². The van der Waals surface area contributed by atoms with Gasteiger partial charge in [-0.3, -0.25) is 4.79 Å². The molecular weight excluding hydrogens is 357 g/mol. The average Bonchev–Trinajstić information content (AvgIpc) is 3.30. The second-order valence-corrected chi connectivity index (χ2v) is 6.51. The molecule has 0 saturated carbocycles.